The quantitative estimate of drug-likeness (QED) is 0.878. The number of carbonyl (C=O) groups excluding carboxylic acids is 1. The highest BCUT2D eigenvalue weighted by Gasteiger charge is 2.36. The van der Waals surface area contributed by atoms with Crippen LogP contribution in [0.1, 0.15) is 12.5 Å². The summed E-state index contributed by atoms with van der Waals surface area (Å²) in [6.07, 6.45) is -0.299. The molecule has 2 atom stereocenters. The third-order valence-electron chi connectivity index (χ3n) is 4.81. The lowest BCUT2D eigenvalue weighted by Crippen LogP contribution is -2.54. The van der Waals surface area contributed by atoms with E-state index >= 15 is 0 Å². The van der Waals surface area contributed by atoms with Gasteiger partial charge in [-0.3, -0.25) is 14.6 Å². The predicted molar refractivity (Wildman–Crippen MR) is 85.3 cm³/mol. The smallest absolute Gasteiger partial charge is 0.219 e. The molecule has 0 radical (unpaired) electrons. The second-order valence-electron chi connectivity index (χ2n) is 6.36. The molecular formula is C17H25N3O2. The van der Waals surface area contributed by atoms with Crippen molar-refractivity contribution in [3.05, 3.63) is 35.9 Å². The Kier molecular flexibility index (Phi) is 4.76. The summed E-state index contributed by atoms with van der Waals surface area (Å²) in [4.78, 5) is 17.9. The molecule has 1 aromatic carbocycles. The second-order valence-corrected chi connectivity index (χ2v) is 6.36. The van der Waals surface area contributed by atoms with Crippen LogP contribution in [0.4, 0.5) is 0 Å². The lowest BCUT2D eigenvalue weighted by molar-refractivity contribution is -0.131. The van der Waals surface area contributed by atoms with Crippen molar-refractivity contribution in [3.8, 4) is 0 Å². The van der Waals surface area contributed by atoms with E-state index in [2.05, 4.69) is 34.1 Å². The van der Waals surface area contributed by atoms with Crippen molar-refractivity contribution < 1.29 is 9.90 Å². The highest BCUT2D eigenvalue weighted by molar-refractivity contribution is 5.73. The summed E-state index contributed by atoms with van der Waals surface area (Å²) in [5, 5.41) is 10.4. The van der Waals surface area contributed by atoms with E-state index in [1.165, 1.54) is 5.56 Å². The zero-order chi connectivity index (χ0) is 15.5. The van der Waals surface area contributed by atoms with Gasteiger partial charge in [-0.1, -0.05) is 30.3 Å². The van der Waals surface area contributed by atoms with Crippen molar-refractivity contribution in [1.82, 2.24) is 14.7 Å². The van der Waals surface area contributed by atoms with Crippen LogP contribution >= 0.6 is 0 Å². The Morgan fingerprint density at radius 2 is 1.82 bits per heavy atom. The molecule has 0 spiro atoms. The van der Waals surface area contributed by atoms with Crippen molar-refractivity contribution in [2.24, 2.45) is 0 Å². The molecule has 2 aliphatic rings. The van der Waals surface area contributed by atoms with E-state index in [1.54, 1.807) is 6.92 Å². The maximum atomic E-state index is 11.4. The van der Waals surface area contributed by atoms with Gasteiger partial charge in [-0.25, -0.2) is 0 Å². The van der Waals surface area contributed by atoms with Crippen LogP contribution < -0.4 is 0 Å². The molecule has 0 aromatic heterocycles. The van der Waals surface area contributed by atoms with Gasteiger partial charge in [0.2, 0.25) is 5.91 Å². The molecule has 2 aliphatic heterocycles. The highest BCUT2D eigenvalue weighted by atomic mass is 16.3. The average Bonchev–Trinajstić information content (AvgIpc) is 2.89. The molecule has 1 aromatic rings. The molecule has 0 aliphatic carbocycles. The van der Waals surface area contributed by atoms with Crippen LogP contribution in [0.3, 0.4) is 0 Å². The number of aliphatic hydroxyl groups is 1. The number of nitrogens with zero attached hydrogens (tertiary/aromatic N) is 3. The normalized spacial score (nSPS) is 27.3. The minimum Gasteiger partial charge on any atom is -0.390 e. The van der Waals surface area contributed by atoms with Gasteiger partial charge >= 0.3 is 0 Å². The van der Waals surface area contributed by atoms with Crippen LogP contribution in [0.25, 0.3) is 0 Å². The third-order valence-corrected chi connectivity index (χ3v) is 4.81. The lowest BCUT2D eigenvalue weighted by Gasteiger charge is -2.38. The van der Waals surface area contributed by atoms with Crippen LogP contribution in [0.15, 0.2) is 30.3 Å². The zero-order valence-corrected chi connectivity index (χ0v) is 13.2. The van der Waals surface area contributed by atoms with E-state index in [4.69, 9.17) is 0 Å². The van der Waals surface area contributed by atoms with E-state index in [9.17, 15) is 9.90 Å². The Hall–Kier alpha value is -1.43. The van der Waals surface area contributed by atoms with Crippen molar-refractivity contribution in [1.29, 1.82) is 0 Å². The molecule has 0 unspecified atom stereocenters. The predicted octanol–water partition coefficient (Wildman–Crippen LogP) is 0.396. The fourth-order valence-electron chi connectivity index (χ4n) is 3.54. The second kappa shape index (κ2) is 6.77. The summed E-state index contributed by atoms with van der Waals surface area (Å²) in [5.41, 5.74) is 1.29. The van der Waals surface area contributed by atoms with E-state index in [-0.39, 0.29) is 18.1 Å². The van der Waals surface area contributed by atoms with Gasteiger partial charge in [-0.05, 0) is 5.56 Å². The molecular weight excluding hydrogens is 278 g/mol. The molecule has 120 valence electrons. The number of aliphatic hydroxyl groups excluding tert-OH is 1. The SMILES string of the molecule is CC(=O)N1CCN([C@@H]2CN(Cc3ccccc3)C[C@H]2O)CC1. The van der Waals surface area contributed by atoms with Crippen molar-refractivity contribution in [2.45, 2.75) is 25.6 Å². The molecule has 0 saturated carbocycles. The number of hydrogen-bond acceptors (Lipinski definition) is 4. The number of carbonyl (C=O) groups is 1. The van der Waals surface area contributed by atoms with Gasteiger partial charge in [0.1, 0.15) is 0 Å². The molecule has 2 heterocycles. The number of piperazine rings is 1. The highest BCUT2D eigenvalue weighted by Crippen LogP contribution is 2.20. The van der Waals surface area contributed by atoms with E-state index in [0.717, 1.165) is 45.8 Å². The topological polar surface area (TPSA) is 47.0 Å². The van der Waals surface area contributed by atoms with Gasteiger partial charge in [0.25, 0.3) is 0 Å². The van der Waals surface area contributed by atoms with Crippen LogP contribution in [0, 0.1) is 0 Å². The van der Waals surface area contributed by atoms with E-state index in [0.29, 0.717) is 0 Å². The maximum Gasteiger partial charge on any atom is 0.219 e. The Morgan fingerprint density at radius 3 is 2.45 bits per heavy atom. The average molecular weight is 303 g/mol. The van der Waals surface area contributed by atoms with E-state index in [1.807, 2.05) is 11.0 Å². The van der Waals surface area contributed by atoms with Crippen molar-refractivity contribution in [3.63, 3.8) is 0 Å². The lowest BCUT2D eigenvalue weighted by atomic mass is 10.1. The Morgan fingerprint density at radius 1 is 1.14 bits per heavy atom. The first-order valence-corrected chi connectivity index (χ1v) is 8.07. The van der Waals surface area contributed by atoms with Gasteiger partial charge < -0.3 is 10.0 Å². The van der Waals surface area contributed by atoms with Gasteiger partial charge in [-0.2, -0.15) is 0 Å². The number of benzene rings is 1. The number of likely N-dealkylation sites (tertiary alicyclic amines) is 1. The van der Waals surface area contributed by atoms with Gasteiger partial charge in [-0.15, -0.1) is 0 Å². The third kappa shape index (κ3) is 3.48. The molecule has 3 rings (SSSR count). The standard InChI is InChI=1S/C17H25N3O2/c1-14(21)19-7-9-20(10-8-19)16-12-18(13-17(16)22)11-15-5-3-2-4-6-15/h2-6,16-17,22H,7-13H2,1H3/t16-,17-/m1/s1. The largest absolute Gasteiger partial charge is 0.390 e. The molecule has 1 amide bonds. The fraction of sp³-hybridized carbons (Fsp3) is 0.588. The number of β-amino-alcohol motifs (C(OH)–C–C–N with tert-alkyl or cyclic N) is 1. The minimum absolute atomic E-state index is 0.150. The van der Waals surface area contributed by atoms with Crippen molar-refractivity contribution >= 4 is 5.91 Å². The van der Waals surface area contributed by atoms with Crippen LogP contribution in [0.2, 0.25) is 0 Å². The van der Waals surface area contributed by atoms with Gasteiger partial charge in [0.15, 0.2) is 0 Å². The first-order valence-electron chi connectivity index (χ1n) is 8.07. The summed E-state index contributed by atoms with van der Waals surface area (Å²) in [6, 6.07) is 10.6. The van der Waals surface area contributed by atoms with E-state index < -0.39 is 0 Å². The number of amides is 1. The first kappa shape index (κ1) is 15.5. The van der Waals surface area contributed by atoms with Gasteiger partial charge in [0, 0.05) is 58.8 Å². The zero-order valence-electron chi connectivity index (χ0n) is 13.2. The Bertz CT molecular complexity index is 500. The Labute approximate surface area is 132 Å². The molecule has 5 heteroatoms. The fourth-order valence-corrected chi connectivity index (χ4v) is 3.54. The molecule has 1 N–H and O–H groups in total. The summed E-state index contributed by atoms with van der Waals surface area (Å²) in [6.45, 7) is 7.42. The summed E-state index contributed by atoms with van der Waals surface area (Å²) in [5.74, 6) is 0.150. The first-order chi connectivity index (χ1) is 10.6. The molecule has 0 bridgehead atoms. The van der Waals surface area contributed by atoms with Crippen LogP contribution in [-0.4, -0.2) is 77.1 Å². The number of hydrogen-bond donors (Lipinski definition) is 1. The van der Waals surface area contributed by atoms with Crippen LogP contribution in [-0.2, 0) is 11.3 Å². The Balaban J connectivity index is 1.54. The summed E-state index contributed by atoms with van der Waals surface area (Å²) >= 11 is 0. The summed E-state index contributed by atoms with van der Waals surface area (Å²) < 4.78 is 0. The molecule has 2 saturated heterocycles. The number of rotatable bonds is 3. The van der Waals surface area contributed by atoms with Crippen LogP contribution in [0.5, 0.6) is 0 Å². The van der Waals surface area contributed by atoms with Crippen molar-refractivity contribution in [2.75, 3.05) is 39.3 Å². The van der Waals surface area contributed by atoms with Gasteiger partial charge in [0.05, 0.1) is 6.10 Å². The summed E-state index contributed by atoms with van der Waals surface area (Å²) in [7, 11) is 0. The monoisotopic (exact) mass is 303 g/mol. The molecule has 22 heavy (non-hydrogen) atoms. The minimum atomic E-state index is -0.299. The maximum absolute atomic E-state index is 11.4. The molecule has 5 nitrogen and oxygen atoms in total. The molecule has 2 fully saturated rings.